The normalized spacial score (nSPS) is 14.7. The van der Waals surface area contributed by atoms with Crippen LogP contribution in [0.25, 0.3) is 0 Å². The van der Waals surface area contributed by atoms with Crippen LogP contribution < -0.4 is 14.5 Å². The second-order valence-electron chi connectivity index (χ2n) is 9.90. The van der Waals surface area contributed by atoms with E-state index in [9.17, 15) is 18.0 Å². The molecule has 0 atom stereocenters. The lowest BCUT2D eigenvalue weighted by molar-refractivity contribution is -0.142. The standard InChI is InChI=1S/C28H30N4O7S/c1-29(2)18-9-11-22-24(15-18)39-25-16-19(30(3)4)10-12-23(25)28(22)21-8-6-5-7-20(21)27(35)32(28)31(40(36)37)13-14-38-17-26(33)34/h5-12,15-16,40H,13-14,17H2,1-4H3,(H,33,34). The van der Waals surface area contributed by atoms with Gasteiger partial charge in [0.15, 0.2) is 0 Å². The van der Waals surface area contributed by atoms with E-state index in [0.29, 0.717) is 33.8 Å². The maximum absolute atomic E-state index is 14.2. The summed E-state index contributed by atoms with van der Waals surface area (Å²) >= 11 is 0. The summed E-state index contributed by atoms with van der Waals surface area (Å²) in [5.74, 6) is -0.736. The molecule has 0 aromatic heterocycles. The number of fused-ring (bicyclic) bond motifs is 6. The lowest BCUT2D eigenvalue weighted by atomic mass is 9.75. The molecule has 0 radical (unpaired) electrons. The monoisotopic (exact) mass is 566 g/mol. The summed E-state index contributed by atoms with van der Waals surface area (Å²) < 4.78 is 38.2. The first kappa shape index (κ1) is 27.4. The molecule has 2 aliphatic heterocycles. The number of aliphatic carboxylic acids is 1. The molecule has 0 aliphatic carbocycles. The molecule has 0 bridgehead atoms. The lowest BCUT2D eigenvalue weighted by Gasteiger charge is -2.46. The van der Waals surface area contributed by atoms with Gasteiger partial charge in [-0.1, -0.05) is 30.3 Å². The molecule has 12 heteroatoms. The van der Waals surface area contributed by atoms with Crippen molar-refractivity contribution >= 4 is 34.1 Å². The SMILES string of the molecule is CN(C)c1ccc2c(c1)Oc1cc(N(C)C)ccc1C21c2ccccc2C(=O)N1N(CCOCC(=O)O)[SH](=O)=O. The molecule has 1 spiro atoms. The van der Waals surface area contributed by atoms with Crippen LogP contribution >= 0.6 is 0 Å². The van der Waals surface area contributed by atoms with Gasteiger partial charge in [0.1, 0.15) is 23.6 Å². The summed E-state index contributed by atoms with van der Waals surface area (Å²) in [6, 6.07) is 18.3. The van der Waals surface area contributed by atoms with Crippen LogP contribution in [0.3, 0.4) is 0 Å². The van der Waals surface area contributed by atoms with E-state index in [4.69, 9.17) is 14.6 Å². The summed E-state index contributed by atoms with van der Waals surface area (Å²) in [5.41, 5.74) is 2.47. The molecule has 2 aliphatic rings. The first-order chi connectivity index (χ1) is 19.1. The molecule has 5 rings (SSSR count). The molecule has 0 saturated heterocycles. The molecule has 0 unspecified atom stereocenters. The highest BCUT2D eigenvalue weighted by Gasteiger charge is 2.59. The highest BCUT2D eigenvalue weighted by molar-refractivity contribution is 7.69. The smallest absolute Gasteiger partial charge is 0.329 e. The fourth-order valence-electron chi connectivity index (χ4n) is 5.33. The molecule has 0 fully saturated rings. The maximum atomic E-state index is 14.2. The number of benzene rings is 3. The molecular formula is C28H30N4O7S. The van der Waals surface area contributed by atoms with E-state index in [1.54, 1.807) is 12.1 Å². The van der Waals surface area contributed by atoms with Gasteiger partial charge >= 0.3 is 5.97 Å². The molecule has 3 aromatic rings. The van der Waals surface area contributed by atoms with Crippen molar-refractivity contribution in [3.05, 3.63) is 82.9 Å². The number of amides is 1. The predicted octanol–water partition coefficient (Wildman–Crippen LogP) is 2.52. The number of ether oxygens (including phenoxy) is 2. The Hall–Kier alpha value is -4.13. The Balaban J connectivity index is 1.80. The topological polar surface area (TPSA) is 120 Å². The van der Waals surface area contributed by atoms with Gasteiger partial charge in [0.25, 0.3) is 5.91 Å². The average molecular weight is 567 g/mol. The zero-order valence-corrected chi connectivity index (χ0v) is 23.4. The van der Waals surface area contributed by atoms with Gasteiger partial charge in [-0.15, -0.1) is 4.41 Å². The van der Waals surface area contributed by atoms with Crippen LogP contribution in [0.5, 0.6) is 11.5 Å². The molecule has 11 nitrogen and oxygen atoms in total. The third kappa shape index (κ3) is 4.34. The molecule has 40 heavy (non-hydrogen) atoms. The Morgan fingerprint density at radius 3 is 2.02 bits per heavy atom. The number of hydrazine groups is 1. The van der Waals surface area contributed by atoms with Crippen LogP contribution in [0.4, 0.5) is 11.4 Å². The summed E-state index contributed by atoms with van der Waals surface area (Å²) in [6.07, 6.45) is 0. The fourth-order valence-corrected chi connectivity index (χ4v) is 5.94. The van der Waals surface area contributed by atoms with Crippen molar-refractivity contribution in [1.82, 2.24) is 9.42 Å². The van der Waals surface area contributed by atoms with Crippen LogP contribution in [0.1, 0.15) is 27.0 Å². The van der Waals surface area contributed by atoms with E-state index in [-0.39, 0.29) is 13.2 Å². The number of thiol groups is 1. The van der Waals surface area contributed by atoms with Crippen molar-refractivity contribution in [1.29, 1.82) is 0 Å². The van der Waals surface area contributed by atoms with Crippen LogP contribution in [-0.4, -0.2) is 82.8 Å². The molecule has 1 amide bonds. The largest absolute Gasteiger partial charge is 0.480 e. The van der Waals surface area contributed by atoms with E-state index in [2.05, 4.69) is 0 Å². The van der Waals surface area contributed by atoms with E-state index < -0.39 is 34.9 Å². The van der Waals surface area contributed by atoms with E-state index in [0.717, 1.165) is 15.8 Å². The van der Waals surface area contributed by atoms with Crippen molar-refractivity contribution in [2.24, 2.45) is 0 Å². The van der Waals surface area contributed by atoms with Gasteiger partial charge in [0.2, 0.25) is 10.9 Å². The molecule has 0 saturated carbocycles. The quantitative estimate of drug-likeness (QED) is 0.297. The highest BCUT2D eigenvalue weighted by Crippen LogP contribution is 2.58. The zero-order chi connectivity index (χ0) is 28.8. The Kier molecular flexibility index (Phi) is 7.17. The van der Waals surface area contributed by atoms with Crippen LogP contribution in [0.15, 0.2) is 60.7 Å². The number of carboxylic acid groups (broad SMARTS) is 1. The number of carboxylic acids is 1. The Bertz CT molecular complexity index is 1500. The summed E-state index contributed by atoms with van der Waals surface area (Å²) in [4.78, 5) is 29.0. The van der Waals surface area contributed by atoms with Gasteiger partial charge in [-0.05, 0) is 18.2 Å². The number of rotatable bonds is 9. The minimum atomic E-state index is -3.34. The number of carbonyl (C=O) groups is 2. The Morgan fingerprint density at radius 1 is 0.925 bits per heavy atom. The van der Waals surface area contributed by atoms with Gasteiger partial charge in [-0.2, -0.15) is 0 Å². The third-order valence-electron chi connectivity index (χ3n) is 7.10. The third-order valence-corrected chi connectivity index (χ3v) is 7.86. The minimum absolute atomic E-state index is 0.235. The fraction of sp³-hybridized carbons (Fsp3) is 0.286. The highest BCUT2D eigenvalue weighted by atomic mass is 32.2. The molecular weight excluding hydrogens is 536 g/mol. The predicted molar refractivity (Wildman–Crippen MR) is 150 cm³/mol. The number of hydrogen-bond donors (Lipinski definition) is 2. The van der Waals surface area contributed by atoms with Gasteiger partial charge in [-0.3, -0.25) is 4.79 Å². The average Bonchev–Trinajstić information content (AvgIpc) is 3.16. The van der Waals surface area contributed by atoms with Crippen molar-refractivity contribution in [2.45, 2.75) is 5.54 Å². The second-order valence-corrected chi connectivity index (χ2v) is 10.8. The number of anilines is 2. The summed E-state index contributed by atoms with van der Waals surface area (Å²) in [6.45, 7) is -1.10. The van der Waals surface area contributed by atoms with Crippen LogP contribution in [-0.2, 0) is 26.0 Å². The van der Waals surface area contributed by atoms with E-state index >= 15 is 0 Å². The van der Waals surface area contributed by atoms with Gasteiger partial charge in [0, 0.05) is 74.0 Å². The summed E-state index contributed by atoms with van der Waals surface area (Å²) in [5, 5.41) is 10.2. The lowest BCUT2D eigenvalue weighted by Crippen LogP contribution is -2.56. The Labute approximate surface area is 233 Å². The minimum Gasteiger partial charge on any atom is -0.480 e. The summed E-state index contributed by atoms with van der Waals surface area (Å²) in [7, 11) is 4.27. The van der Waals surface area contributed by atoms with Crippen molar-refractivity contribution in [3.8, 4) is 11.5 Å². The molecule has 1 N–H and O–H groups in total. The molecule has 2 heterocycles. The van der Waals surface area contributed by atoms with Crippen LogP contribution in [0.2, 0.25) is 0 Å². The first-order valence-corrected chi connectivity index (χ1v) is 13.7. The number of nitrogens with zero attached hydrogens (tertiary/aromatic N) is 4. The van der Waals surface area contributed by atoms with Crippen LogP contribution in [0, 0.1) is 0 Å². The molecule has 210 valence electrons. The second kappa shape index (κ2) is 10.5. The molecule has 3 aromatic carbocycles. The van der Waals surface area contributed by atoms with E-state index in [1.807, 2.05) is 86.5 Å². The Morgan fingerprint density at radius 2 is 1.50 bits per heavy atom. The number of carbonyl (C=O) groups excluding carboxylic acids is 1. The maximum Gasteiger partial charge on any atom is 0.329 e. The van der Waals surface area contributed by atoms with Gasteiger partial charge < -0.3 is 24.4 Å². The number of hydrogen-bond acceptors (Lipinski definition) is 8. The van der Waals surface area contributed by atoms with Crippen molar-refractivity contribution < 1.29 is 32.6 Å². The first-order valence-electron chi connectivity index (χ1n) is 12.5. The van der Waals surface area contributed by atoms with Gasteiger partial charge in [0.05, 0.1) is 13.2 Å². The van der Waals surface area contributed by atoms with Crippen molar-refractivity contribution in [3.63, 3.8) is 0 Å². The van der Waals surface area contributed by atoms with E-state index in [1.165, 1.54) is 5.01 Å². The zero-order valence-electron chi connectivity index (χ0n) is 22.5. The van der Waals surface area contributed by atoms with Gasteiger partial charge in [-0.25, -0.2) is 18.2 Å². The van der Waals surface area contributed by atoms with Crippen molar-refractivity contribution in [2.75, 3.05) is 57.7 Å².